The smallest absolute Gasteiger partial charge is 0.300 e. The minimum Gasteiger partial charge on any atom is -0.300 e. The molecule has 0 radical (unpaired) electrons. The predicted molar refractivity (Wildman–Crippen MR) is 113 cm³/mol. The van der Waals surface area contributed by atoms with Crippen molar-refractivity contribution in [2.24, 2.45) is 0 Å². The Bertz CT molecular complexity index is 1030. The molecule has 0 N–H and O–H groups in total. The van der Waals surface area contributed by atoms with Gasteiger partial charge < -0.3 is 0 Å². The third kappa shape index (κ3) is 5.01. The molecule has 4 rings (SSSR count). The van der Waals surface area contributed by atoms with Crippen LogP contribution in [0.15, 0.2) is 36.4 Å². The van der Waals surface area contributed by atoms with E-state index in [4.69, 9.17) is 0 Å². The third-order valence-corrected chi connectivity index (χ3v) is 5.86. The number of nitrogens with zero attached hydrogens (tertiary/aromatic N) is 4. The first-order valence-electron chi connectivity index (χ1n) is 10.2. The number of alkyl halides is 3. The monoisotopic (exact) mass is 456 g/mol. The van der Waals surface area contributed by atoms with E-state index in [-0.39, 0.29) is 35.8 Å². The highest BCUT2D eigenvalue weighted by molar-refractivity contribution is 5.85. The average molecular weight is 457 g/mol. The Morgan fingerprint density at radius 1 is 1.16 bits per heavy atom. The van der Waals surface area contributed by atoms with Crippen LogP contribution in [-0.4, -0.2) is 38.6 Å². The van der Waals surface area contributed by atoms with Crippen LogP contribution in [-0.2, 0) is 19.0 Å². The van der Waals surface area contributed by atoms with Crippen molar-refractivity contribution in [2.45, 2.75) is 51.2 Å². The predicted octanol–water partition coefficient (Wildman–Crippen LogP) is 5.29. The van der Waals surface area contributed by atoms with Crippen molar-refractivity contribution in [3.8, 4) is 0 Å². The molecule has 0 aliphatic carbocycles. The maximum Gasteiger partial charge on any atom is 0.433 e. The molecular weight excluding hydrogens is 432 g/mol. The highest BCUT2D eigenvalue weighted by Gasteiger charge is 2.36. The second-order valence-electron chi connectivity index (χ2n) is 7.98. The van der Waals surface area contributed by atoms with E-state index in [9.17, 15) is 17.6 Å². The van der Waals surface area contributed by atoms with Crippen LogP contribution in [0.1, 0.15) is 48.8 Å². The van der Waals surface area contributed by atoms with E-state index >= 15 is 0 Å². The summed E-state index contributed by atoms with van der Waals surface area (Å²) in [6, 6.07) is 9.51. The third-order valence-electron chi connectivity index (χ3n) is 5.86. The molecule has 9 heteroatoms. The van der Waals surface area contributed by atoms with Gasteiger partial charge in [-0.2, -0.15) is 18.3 Å². The van der Waals surface area contributed by atoms with Gasteiger partial charge in [0.25, 0.3) is 0 Å². The molecule has 2 aromatic heterocycles. The van der Waals surface area contributed by atoms with E-state index in [0.717, 1.165) is 42.1 Å². The number of fused-ring (bicyclic) bond motifs is 1. The molecule has 1 aromatic carbocycles. The molecule has 2 atom stereocenters. The lowest BCUT2D eigenvalue weighted by Gasteiger charge is -2.24. The zero-order valence-electron chi connectivity index (χ0n) is 17.4. The molecule has 3 heterocycles. The van der Waals surface area contributed by atoms with Crippen molar-refractivity contribution in [1.29, 1.82) is 0 Å². The van der Waals surface area contributed by atoms with Crippen molar-refractivity contribution in [3.63, 3.8) is 0 Å². The zero-order valence-corrected chi connectivity index (χ0v) is 18.2. The molecular formula is C22H25ClF4N4. The fourth-order valence-corrected chi connectivity index (χ4v) is 4.15. The maximum absolute atomic E-state index is 13.5. The average Bonchev–Trinajstić information content (AvgIpc) is 3.35. The van der Waals surface area contributed by atoms with Gasteiger partial charge in [0.2, 0.25) is 0 Å². The van der Waals surface area contributed by atoms with Gasteiger partial charge in [0.15, 0.2) is 5.65 Å². The van der Waals surface area contributed by atoms with E-state index in [1.165, 1.54) is 12.1 Å². The van der Waals surface area contributed by atoms with E-state index in [0.29, 0.717) is 17.8 Å². The van der Waals surface area contributed by atoms with Crippen molar-refractivity contribution < 1.29 is 17.6 Å². The van der Waals surface area contributed by atoms with Gasteiger partial charge in [-0.15, -0.1) is 12.4 Å². The molecule has 168 valence electrons. The van der Waals surface area contributed by atoms with Crippen LogP contribution in [0.3, 0.4) is 0 Å². The summed E-state index contributed by atoms with van der Waals surface area (Å²) < 4.78 is 54.5. The molecule has 3 aromatic rings. The minimum atomic E-state index is -4.49. The molecule has 4 nitrogen and oxygen atoms in total. The minimum absolute atomic E-state index is 0. The van der Waals surface area contributed by atoms with Gasteiger partial charge in [-0.05, 0) is 56.5 Å². The Balaban J connectivity index is 0.00000272. The number of benzene rings is 1. The highest BCUT2D eigenvalue weighted by atomic mass is 35.5. The number of halogens is 5. The van der Waals surface area contributed by atoms with Crippen molar-refractivity contribution in [1.82, 2.24) is 19.5 Å². The number of aromatic nitrogens is 3. The fraction of sp³-hybridized carbons (Fsp3) is 0.455. The van der Waals surface area contributed by atoms with Gasteiger partial charge in [-0.3, -0.25) is 4.90 Å². The lowest BCUT2D eigenvalue weighted by atomic mass is 10.0. The highest BCUT2D eigenvalue weighted by Crippen LogP contribution is 2.33. The summed E-state index contributed by atoms with van der Waals surface area (Å²) in [7, 11) is 0. The lowest BCUT2D eigenvalue weighted by molar-refractivity contribution is -0.142. The quantitative estimate of drug-likeness (QED) is 0.489. The van der Waals surface area contributed by atoms with Crippen LogP contribution in [0.2, 0.25) is 0 Å². The van der Waals surface area contributed by atoms with Crippen LogP contribution in [0, 0.1) is 5.82 Å². The molecule has 1 fully saturated rings. The molecule has 31 heavy (non-hydrogen) atoms. The Kier molecular flexibility index (Phi) is 6.91. The van der Waals surface area contributed by atoms with Crippen molar-refractivity contribution >= 4 is 18.1 Å². The summed E-state index contributed by atoms with van der Waals surface area (Å²) in [6.07, 6.45) is -2.44. The fourth-order valence-electron chi connectivity index (χ4n) is 4.15. The topological polar surface area (TPSA) is 33.4 Å². The number of hydrogen-bond donors (Lipinski definition) is 0. The molecule has 0 amide bonds. The molecule has 1 saturated heterocycles. The summed E-state index contributed by atoms with van der Waals surface area (Å²) in [6.45, 7) is 5.48. The summed E-state index contributed by atoms with van der Waals surface area (Å²) in [4.78, 5) is 6.65. The van der Waals surface area contributed by atoms with E-state index in [1.54, 1.807) is 25.1 Å². The molecule has 0 bridgehead atoms. The number of rotatable bonds is 5. The molecule has 0 spiro atoms. The Labute approximate surface area is 184 Å². The second kappa shape index (κ2) is 9.12. The van der Waals surface area contributed by atoms with Crippen LogP contribution in [0.5, 0.6) is 0 Å². The lowest BCUT2D eigenvalue weighted by Crippen LogP contribution is -2.32. The first kappa shape index (κ1) is 23.5. The van der Waals surface area contributed by atoms with Crippen LogP contribution < -0.4 is 0 Å². The molecule has 2 unspecified atom stereocenters. The number of hydrogen-bond acceptors (Lipinski definition) is 3. The van der Waals surface area contributed by atoms with E-state index in [1.807, 2.05) is 0 Å². The van der Waals surface area contributed by atoms with Gasteiger partial charge in [0.1, 0.15) is 11.5 Å². The SMILES string of the molecule is CCc1cc(C(F)(F)F)n2nc(C3CCN(C(C)Cc4ccc(F)cc4)C3)cc2n1.Cl. The van der Waals surface area contributed by atoms with Crippen LogP contribution >= 0.6 is 12.4 Å². The first-order chi connectivity index (χ1) is 14.2. The summed E-state index contributed by atoms with van der Waals surface area (Å²) in [5, 5.41) is 4.29. The zero-order chi connectivity index (χ0) is 21.5. The summed E-state index contributed by atoms with van der Waals surface area (Å²) in [5.41, 5.74) is 1.58. The maximum atomic E-state index is 13.5. The summed E-state index contributed by atoms with van der Waals surface area (Å²) in [5.74, 6) is -0.189. The van der Waals surface area contributed by atoms with Gasteiger partial charge in [0, 0.05) is 30.3 Å². The van der Waals surface area contributed by atoms with Crippen LogP contribution in [0.25, 0.3) is 5.65 Å². The largest absolute Gasteiger partial charge is 0.433 e. The van der Waals surface area contributed by atoms with Gasteiger partial charge in [-0.1, -0.05) is 19.1 Å². The standard InChI is InChI=1S/C22H24F4N4.ClH/c1-3-18-11-20(22(24,25)26)30-21(27-18)12-19(28-30)16-8-9-29(13-16)14(2)10-15-4-6-17(23)7-5-15;/h4-7,11-12,14,16H,3,8-10,13H2,1-2H3;1H. The Morgan fingerprint density at radius 3 is 2.52 bits per heavy atom. The van der Waals surface area contributed by atoms with E-state index in [2.05, 4.69) is 21.9 Å². The van der Waals surface area contributed by atoms with Gasteiger partial charge >= 0.3 is 6.18 Å². The Hall–Kier alpha value is -2.19. The summed E-state index contributed by atoms with van der Waals surface area (Å²) >= 11 is 0. The van der Waals surface area contributed by atoms with Crippen molar-refractivity contribution in [2.75, 3.05) is 13.1 Å². The molecule has 0 saturated carbocycles. The first-order valence-corrected chi connectivity index (χ1v) is 10.2. The van der Waals surface area contributed by atoms with Gasteiger partial charge in [-0.25, -0.2) is 13.9 Å². The second-order valence-corrected chi connectivity index (χ2v) is 7.98. The number of likely N-dealkylation sites (tertiary alicyclic amines) is 1. The normalized spacial score (nSPS) is 18.3. The van der Waals surface area contributed by atoms with Gasteiger partial charge in [0.05, 0.1) is 5.69 Å². The molecule has 1 aliphatic rings. The van der Waals surface area contributed by atoms with Crippen molar-refractivity contribution in [3.05, 3.63) is 64.9 Å². The molecule has 1 aliphatic heterocycles. The Morgan fingerprint density at radius 2 is 1.87 bits per heavy atom. The number of aryl methyl sites for hydroxylation is 1. The van der Waals surface area contributed by atoms with E-state index < -0.39 is 11.9 Å². The van der Waals surface area contributed by atoms with Crippen LogP contribution in [0.4, 0.5) is 17.6 Å².